The van der Waals surface area contributed by atoms with Crippen molar-refractivity contribution in [2.75, 3.05) is 0 Å². The molecule has 1 saturated heterocycles. The first-order valence-corrected chi connectivity index (χ1v) is 8.74. The summed E-state index contributed by atoms with van der Waals surface area (Å²) < 4.78 is 5.50. The highest BCUT2D eigenvalue weighted by Gasteiger charge is 2.44. The van der Waals surface area contributed by atoms with E-state index in [2.05, 4.69) is 0 Å². The Morgan fingerprint density at radius 1 is 1.08 bits per heavy atom. The molecule has 0 radical (unpaired) electrons. The van der Waals surface area contributed by atoms with Crippen molar-refractivity contribution in [1.29, 1.82) is 0 Å². The van der Waals surface area contributed by atoms with Crippen LogP contribution < -0.4 is 0 Å². The maximum Gasteiger partial charge on any atom is 0.417 e. The highest BCUT2D eigenvalue weighted by molar-refractivity contribution is 5.95. The molecule has 0 aliphatic carbocycles. The first-order chi connectivity index (χ1) is 12.1. The lowest BCUT2D eigenvalue weighted by Gasteiger charge is -2.24. The van der Waals surface area contributed by atoms with E-state index in [0.717, 1.165) is 11.1 Å². The van der Waals surface area contributed by atoms with E-state index in [0.29, 0.717) is 12.8 Å². The summed E-state index contributed by atoms with van der Waals surface area (Å²) >= 11 is 0. The van der Waals surface area contributed by atoms with Gasteiger partial charge in [0, 0.05) is 5.92 Å². The van der Waals surface area contributed by atoms with Crippen molar-refractivity contribution in [1.82, 2.24) is 4.90 Å². The van der Waals surface area contributed by atoms with E-state index in [1.807, 2.05) is 74.5 Å². The zero-order chi connectivity index (χ0) is 17.8. The Labute approximate surface area is 148 Å². The van der Waals surface area contributed by atoms with E-state index >= 15 is 0 Å². The number of rotatable bonds is 5. The van der Waals surface area contributed by atoms with Crippen molar-refractivity contribution in [3.63, 3.8) is 0 Å². The minimum Gasteiger partial charge on any atom is -0.439 e. The number of ether oxygens (including phenoxy) is 1. The molecule has 0 saturated carbocycles. The normalized spacial score (nSPS) is 21.0. The number of imide groups is 1. The minimum absolute atomic E-state index is 0.151. The summed E-state index contributed by atoms with van der Waals surface area (Å²) in [5.74, 6) is -0.380. The van der Waals surface area contributed by atoms with Gasteiger partial charge in [0.15, 0.2) is 0 Å². The molecular weight excluding hydrogens is 314 g/mol. The van der Waals surface area contributed by atoms with Gasteiger partial charge in [-0.3, -0.25) is 4.79 Å². The van der Waals surface area contributed by atoms with Crippen LogP contribution in [0.3, 0.4) is 0 Å². The maximum absolute atomic E-state index is 13.0. The summed E-state index contributed by atoms with van der Waals surface area (Å²) in [6.45, 7) is 3.85. The van der Waals surface area contributed by atoms with Crippen molar-refractivity contribution in [3.8, 4) is 0 Å². The fraction of sp³-hybridized carbons (Fsp3) is 0.333. The lowest BCUT2D eigenvalue weighted by atomic mass is 9.94. The number of amides is 2. The Kier molecular flexibility index (Phi) is 5.17. The van der Waals surface area contributed by atoms with E-state index < -0.39 is 12.2 Å². The fourth-order valence-electron chi connectivity index (χ4n) is 3.35. The fourth-order valence-corrected chi connectivity index (χ4v) is 3.35. The van der Waals surface area contributed by atoms with E-state index in [-0.39, 0.29) is 17.9 Å². The van der Waals surface area contributed by atoms with E-state index in [9.17, 15) is 9.59 Å². The second kappa shape index (κ2) is 7.51. The highest BCUT2D eigenvalue weighted by Crippen LogP contribution is 2.33. The molecule has 2 aromatic carbocycles. The zero-order valence-corrected chi connectivity index (χ0v) is 14.6. The third-order valence-corrected chi connectivity index (χ3v) is 4.80. The SMILES string of the molecule is CCC(Cc1ccccc1)C(=O)N1C(=O)O[C@@H](c2ccccc2)C1C. The number of hydrogen-bond acceptors (Lipinski definition) is 3. The smallest absolute Gasteiger partial charge is 0.417 e. The van der Waals surface area contributed by atoms with Gasteiger partial charge in [0.25, 0.3) is 0 Å². The van der Waals surface area contributed by atoms with Crippen LogP contribution in [0.25, 0.3) is 0 Å². The van der Waals surface area contributed by atoms with Gasteiger partial charge in [0.2, 0.25) is 5.91 Å². The second-order valence-electron chi connectivity index (χ2n) is 6.46. The molecule has 130 valence electrons. The number of benzene rings is 2. The second-order valence-corrected chi connectivity index (χ2v) is 6.46. The van der Waals surface area contributed by atoms with Gasteiger partial charge in [0.1, 0.15) is 6.10 Å². The molecule has 25 heavy (non-hydrogen) atoms. The predicted octanol–water partition coefficient (Wildman–Crippen LogP) is 4.36. The van der Waals surface area contributed by atoms with Crippen molar-refractivity contribution in [3.05, 3.63) is 71.8 Å². The molecule has 1 aliphatic heterocycles. The van der Waals surface area contributed by atoms with Crippen molar-refractivity contribution < 1.29 is 14.3 Å². The van der Waals surface area contributed by atoms with Crippen molar-refractivity contribution in [2.24, 2.45) is 5.92 Å². The zero-order valence-electron chi connectivity index (χ0n) is 14.6. The molecule has 4 nitrogen and oxygen atoms in total. The third-order valence-electron chi connectivity index (χ3n) is 4.80. The van der Waals surface area contributed by atoms with Crippen LogP contribution in [0.15, 0.2) is 60.7 Å². The Bertz CT molecular complexity index is 729. The number of cyclic esters (lactones) is 1. The van der Waals surface area contributed by atoms with Crippen LogP contribution in [0.1, 0.15) is 37.5 Å². The lowest BCUT2D eigenvalue weighted by Crippen LogP contribution is -2.42. The van der Waals surface area contributed by atoms with Gasteiger partial charge < -0.3 is 4.74 Å². The Balaban J connectivity index is 1.77. The summed E-state index contributed by atoms with van der Waals surface area (Å²) in [6, 6.07) is 19.2. The van der Waals surface area contributed by atoms with Gasteiger partial charge >= 0.3 is 6.09 Å². The Morgan fingerprint density at radius 2 is 1.68 bits per heavy atom. The minimum atomic E-state index is -0.544. The first kappa shape index (κ1) is 17.2. The van der Waals surface area contributed by atoms with Crippen LogP contribution >= 0.6 is 0 Å². The predicted molar refractivity (Wildman–Crippen MR) is 95.9 cm³/mol. The molecule has 0 bridgehead atoms. The van der Waals surface area contributed by atoms with Gasteiger partial charge in [-0.2, -0.15) is 0 Å². The van der Waals surface area contributed by atoms with Gasteiger partial charge in [-0.15, -0.1) is 0 Å². The molecule has 2 aromatic rings. The molecular formula is C21H23NO3. The molecule has 4 heteroatoms. The third kappa shape index (κ3) is 3.58. The van der Waals surface area contributed by atoms with Gasteiger partial charge in [-0.05, 0) is 30.9 Å². The van der Waals surface area contributed by atoms with Gasteiger partial charge in [0.05, 0.1) is 6.04 Å². The van der Waals surface area contributed by atoms with Crippen LogP contribution in [0, 0.1) is 5.92 Å². The molecule has 0 aromatic heterocycles. The standard InChI is InChI=1S/C21H23NO3/c1-3-17(14-16-10-6-4-7-11-16)20(23)22-15(2)19(25-21(22)24)18-12-8-5-9-13-18/h4-13,15,17,19H,3,14H2,1-2H3/t15?,17?,19-/m1/s1. The molecule has 0 N–H and O–H groups in total. The first-order valence-electron chi connectivity index (χ1n) is 8.74. The summed E-state index contributed by atoms with van der Waals surface area (Å²) in [6.07, 6.45) is 0.355. The number of hydrogen-bond donors (Lipinski definition) is 0. The lowest BCUT2D eigenvalue weighted by molar-refractivity contribution is -0.133. The summed E-state index contributed by atoms with van der Waals surface area (Å²) in [7, 11) is 0. The molecule has 3 atom stereocenters. The van der Waals surface area contributed by atoms with Gasteiger partial charge in [-0.1, -0.05) is 67.6 Å². The monoisotopic (exact) mass is 337 g/mol. The average molecular weight is 337 g/mol. The molecule has 1 fully saturated rings. The topological polar surface area (TPSA) is 46.6 Å². The van der Waals surface area contributed by atoms with E-state index in [1.165, 1.54) is 4.90 Å². The van der Waals surface area contributed by atoms with Crippen LogP contribution in [-0.2, 0) is 16.0 Å². The van der Waals surface area contributed by atoms with Gasteiger partial charge in [-0.25, -0.2) is 9.69 Å². The number of carbonyl (C=O) groups is 2. The summed E-state index contributed by atoms with van der Waals surface area (Å²) in [5, 5.41) is 0. The molecule has 2 amide bonds. The van der Waals surface area contributed by atoms with Crippen LogP contribution in [0.2, 0.25) is 0 Å². The molecule has 1 heterocycles. The molecule has 0 spiro atoms. The summed E-state index contributed by atoms with van der Waals surface area (Å²) in [5.41, 5.74) is 2.01. The Hall–Kier alpha value is -2.62. The Morgan fingerprint density at radius 3 is 2.28 bits per heavy atom. The average Bonchev–Trinajstić information content (AvgIpc) is 2.95. The van der Waals surface area contributed by atoms with E-state index in [4.69, 9.17) is 4.74 Å². The number of carbonyl (C=O) groups excluding carboxylic acids is 2. The largest absolute Gasteiger partial charge is 0.439 e. The number of nitrogens with zero attached hydrogens (tertiary/aromatic N) is 1. The van der Waals surface area contributed by atoms with Crippen molar-refractivity contribution >= 4 is 12.0 Å². The van der Waals surface area contributed by atoms with Crippen molar-refractivity contribution in [2.45, 2.75) is 38.8 Å². The van der Waals surface area contributed by atoms with Crippen LogP contribution in [-0.4, -0.2) is 22.9 Å². The molecule has 3 rings (SSSR count). The summed E-state index contributed by atoms with van der Waals surface area (Å²) in [4.78, 5) is 26.7. The molecule has 2 unspecified atom stereocenters. The maximum atomic E-state index is 13.0. The quantitative estimate of drug-likeness (QED) is 0.814. The van der Waals surface area contributed by atoms with E-state index in [1.54, 1.807) is 0 Å². The highest BCUT2D eigenvalue weighted by atomic mass is 16.6. The van der Waals surface area contributed by atoms with Crippen LogP contribution in [0.5, 0.6) is 0 Å². The molecule has 1 aliphatic rings. The van der Waals surface area contributed by atoms with Crippen LogP contribution in [0.4, 0.5) is 4.79 Å².